The molecule has 0 heterocycles. The molecule has 5 nitrogen and oxygen atoms in total. The fraction of sp³-hybridized carbons (Fsp3) is 0.0625. The molecule has 21 heavy (non-hydrogen) atoms. The number of rotatable bonds is 4. The van der Waals surface area contributed by atoms with Gasteiger partial charge in [0.15, 0.2) is 0 Å². The smallest absolute Gasteiger partial charge is 0.335 e. The minimum Gasteiger partial charge on any atom is -0.478 e. The molecule has 0 saturated heterocycles. The molecule has 0 saturated carbocycles. The second kappa shape index (κ2) is 6.35. The van der Waals surface area contributed by atoms with Gasteiger partial charge < -0.3 is 10.4 Å². The second-order valence-corrected chi connectivity index (χ2v) is 4.43. The van der Waals surface area contributed by atoms with Crippen molar-refractivity contribution < 1.29 is 14.7 Å². The molecule has 2 aromatic rings. The lowest BCUT2D eigenvalue weighted by molar-refractivity contribution is -0.115. The molecule has 0 fully saturated rings. The van der Waals surface area contributed by atoms with Crippen molar-refractivity contribution in [1.82, 2.24) is 0 Å². The number of carboxylic acids is 1. The number of amides is 1. The number of hydrogen-bond acceptors (Lipinski definition) is 3. The first-order valence-electron chi connectivity index (χ1n) is 6.21. The van der Waals surface area contributed by atoms with E-state index < -0.39 is 5.97 Å². The van der Waals surface area contributed by atoms with Crippen molar-refractivity contribution >= 4 is 17.6 Å². The molecule has 0 aromatic heterocycles. The summed E-state index contributed by atoms with van der Waals surface area (Å²) in [5, 5.41) is 20.5. The number of nitriles is 1. The van der Waals surface area contributed by atoms with Crippen molar-refractivity contribution in [2.45, 2.75) is 6.42 Å². The minimum atomic E-state index is -1.15. The predicted octanol–water partition coefficient (Wildman–Crippen LogP) is 2.44. The lowest BCUT2D eigenvalue weighted by Gasteiger charge is -2.07. The third kappa shape index (κ3) is 3.91. The molecule has 0 radical (unpaired) electrons. The van der Waals surface area contributed by atoms with E-state index in [1.807, 2.05) is 36.4 Å². The van der Waals surface area contributed by atoms with Crippen molar-refractivity contribution in [1.29, 1.82) is 5.26 Å². The van der Waals surface area contributed by atoms with E-state index >= 15 is 0 Å². The zero-order valence-electron chi connectivity index (χ0n) is 11.0. The largest absolute Gasteiger partial charge is 0.478 e. The van der Waals surface area contributed by atoms with E-state index in [1.54, 1.807) is 0 Å². The Morgan fingerprint density at radius 1 is 1.14 bits per heavy atom. The third-order valence-electron chi connectivity index (χ3n) is 2.80. The van der Waals surface area contributed by atoms with Crippen LogP contribution in [0.2, 0.25) is 0 Å². The molecule has 2 aromatic carbocycles. The van der Waals surface area contributed by atoms with Crippen LogP contribution in [0.15, 0.2) is 48.5 Å². The highest BCUT2D eigenvalue weighted by molar-refractivity contribution is 5.95. The Morgan fingerprint density at radius 2 is 1.86 bits per heavy atom. The summed E-state index contributed by atoms with van der Waals surface area (Å²) in [5.41, 5.74) is 1.30. The van der Waals surface area contributed by atoms with Gasteiger partial charge in [-0.05, 0) is 23.8 Å². The molecular weight excluding hydrogens is 268 g/mol. The number of aromatic carboxylic acids is 1. The van der Waals surface area contributed by atoms with Gasteiger partial charge in [-0.15, -0.1) is 0 Å². The number of hydrogen-bond donors (Lipinski definition) is 2. The summed E-state index contributed by atoms with van der Waals surface area (Å²) in [4.78, 5) is 22.9. The first-order chi connectivity index (χ1) is 10.1. The maximum absolute atomic E-state index is 11.9. The summed E-state index contributed by atoms with van der Waals surface area (Å²) < 4.78 is 0. The molecule has 0 spiro atoms. The van der Waals surface area contributed by atoms with Gasteiger partial charge in [0.2, 0.25) is 5.91 Å². The Hall–Kier alpha value is -3.13. The highest BCUT2D eigenvalue weighted by atomic mass is 16.4. The zero-order chi connectivity index (χ0) is 15.2. The van der Waals surface area contributed by atoms with Gasteiger partial charge in [0, 0.05) is 5.69 Å². The van der Waals surface area contributed by atoms with Crippen molar-refractivity contribution in [3.63, 3.8) is 0 Å². The number of carbonyl (C=O) groups excluding carboxylic acids is 1. The Kier molecular flexibility index (Phi) is 4.32. The van der Waals surface area contributed by atoms with Crippen LogP contribution in [-0.2, 0) is 11.2 Å². The van der Waals surface area contributed by atoms with Gasteiger partial charge in [-0.1, -0.05) is 30.3 Å². The van der Waals surface area contributed by atoms with Gasteiger partial charge in [0.1, 0.15) is 0 Å². The Labute approximate surface area is 121 Å². The normalized spacial score (nSPS) is 9.67. The number of nitrogens with one attached hydrogen (secondary N) is 1. The molecule has 0 atom stereocenters. The monoisotopic (exact) mass is 280 g/mol. The zero-order valence-corrected chi connectivity index (χ0v) is 11.0. The average Bonchev–Trinajstić information content (AvgIpc) is 2.47. The van der Waals surface area contributed by atoms with Crippen LogP contribution in [0.5, 0.6) is 0 Å². The van der Waals surface area contributed by atoms with Crippen molar-refractivity contribution in [3.05, 3.63) is 65.2 Å². The van der Waals surface area contributed by atoms with Crippen molar-refractivity contribution in [3.8, 4) is 6.07 Å². The van der Waals surface area contributed by atoms with Crippen molar-refractivity contribution in [2.24, 2.45) is 0 Å². The summed E-state index contributed by atoms with van der Waals surface area (Å²) in [6, 6.07) is 15.1. The van der Waals surface area contributed by atoms with Crippen LogP contribution >= 0.6 is 0 Å². The summed E-state index contributed by atoms with van der Waals surface area (Å²) in [6.45, 7) is 0. The van der Waals surface area contributed by atoms with Crippen LogP contribution in [0.25, 0.3) is 0 Å². The summed E-state index contributed by atoms with van der Waals surface area (Å²) >= 11 is 0. The maximum atomic E-state index is 11.9. The van der Waals surface area contributed by atoms with E-state index in [0.717, 1.165) is 5.56 Å². The van der Waals surface area contributed by atoms with Gasteiger partial charge in [0.05, 0.1) is 23.6 Å². The molecule has 0 bridgehead atoms. The SMILES string of the molecule is N#Cc1cc(NC(=O)Cc2ccccc2)cc(C(=O)O)c1. The van der Waals surface area contributed by atoms with E-state index in [2.05, 4.69) is 5.32 Å². The van der Waals surface area contributed by atoms with E-state index in [9.17, 15) is 9.59 Å². The molecule has 0 aliphatic heterocycles. The fourth-order valence-electron chi connectivity index (χ4n) is 1.87. The van der Waals surface area contributed by atoms with Gasteiger partial charge in [-0.2, -0.15) is 5.26 Å². The van der Waals surface area contributed by atoms with Crippen LogP contribution in [0.3, 0.4) is 0 Å². The summed E-state index contributed by atoms with van der Waals surface area (Å²) in [6.07, 6.45) is 0.181. The summed E-state index contributed by atoms with van der Waals surface area (Å²) in [5.74, 6) is -1.42. The van der Waals surface area contributed by atoms with E-state index in [0.29, 0.717) is 5.69 Å². The molecule has 1 amide bonds. The standard InChI is InChI=1S/C16H12N2O3/c17-10-12-6-13(16(20)21)9-14(7-12)18-15(19)8-11-4-2-1-3-5-11/h1-7,9H,8H2,(H,18,19)(H,20,21). The van der Waals surface area contributed by atoms with Crippen LogP contribution in [0.4, 0.5) is 5.69 Å². The third-order valence-corrected chi connectivity index (χ3v) is 2.80. The van der Waals surface area contributed by atoms with E-state index in [1.165, 1.54) is 18.2 Å². The Bertz CT molecular complexity index is 718. The first kappa shape index (κ1) is 14.3. The van der Waals surface area contributed by atoms with Crippen LogP contribution < -0.4 is 5.32 Å². The van der Waals surface area contributed by atoms with Gasteiger partial charge in [0.25, 0.3) is 0 Å². The van der Waals surface area contributed by atoms with E-state index in [4.69, 9.17) is 10.4 Å². The van der Waals surface area contributed by atoms with Gasteiger partial charge >= 0.3 is 5.97 Å². The molecule has 0 aliphatic carbocycles. The lowest BCUT2D eigenvalue weighted by atomic mass is 10.1. The number of benzene rings is 2. The molecule has 2 rings (SSSR count). The molecule has 0 aliphatic rings. The molecule has 5 heteroatoms. The highest BCUT2D eigenvalue weighted by Gasteiger charge is 2.09. The molecule has 2 N–H and O–H groups in total. The van der Waals surface area contributed by atoms with Crippen LogP contribution in [0.1, 0.15) is 21.5 Å². The number of nitrogens with zero attached hydrogens (tertiary/aromatic N) is 1. The predicted molar refractivity (Wildman–Crippen MR) is 76.9 cm³/mol. The highest BCUT2D eigenvalue weighted by Crippen LogP contribution is 2.15. The topological polar surface area (TPSA) is 90.2 Å². The fourth-order valence-corrected chi connectivity index (χ4v) is 1.87. The average molecular weight is 280 g/mol. The molecule has 0 unspecified atom stereocenters. The Balaban J connectivity index is 2.15. The van der Waals surface area contributed by atoms with Crippen LogP contribution in [-0.4, -0.2) is 17.0 Å². The number of carboxylic acid groups (broad SMARTS) is 1. The Morgan fingerprint density at radius 3 is 2.48 bits per heavy atom. The minimum absolute atomic E-state index is 0.0379. The van der Waals surface area contributed by atoms with Gasteiger partial charge in [-0.3, -0.25) is 4.79 Å². The van der Waals surface area contributed by atoms with E-state index in [-0.39, 0.29) is 23.5 Å². The first-order valence-corrected chi connectivity index (χ1v) is 6.21. The van der Waals surface area contributed by atoms with Crippen LogP contribution in [0, 0.1) is 11.3 Å². The maximum Gasteiger partial charge on any atom is 0.335 e. The molecule has 104 valence electrons. The molecular formula is C16H12N2O3. The lowest BCUT2D eigenvalue weighted by Crippen LogP contribution is -2.15. The van der Waals surface area contributed by atoms with Crippen molar-refractivity contribution in [2.75, 3.05) is 5.32 Å². The summed E-state index contributed by atoms with van der Waals surface area (Å²) in [7, 11) is 0. The van der Waals surface area contributed by atoms with Gasteiger partial charge in [-0.25, -0.2) is 4.79 Å². The number of anilines is 1. The second-order valence-electron chi connectivity index (χ2n) is 4.43. The number of carbonyl (C=O) groups is 2. The quantitative estimate of drug-likeness (QED) is 0.900.